The van der Waals surface area contributed by atoms with Crippen LogP contribution in [0.5, 0.6) is 0 Å². The Labute approximate surface area is 168 Å². The van der Waals surface area contributed by atoms with E-state index < -0.39 is 27.3 Å². The second-order valence-electron chi connectivity index (χ2n) is 8.18. The number of rotatable bonds is 7. The average Bonchev–Trinajstić information content (AvgIpc) is 3.17. The van der Waals surface area contributed by atoms with Crippen LogP contribution in [0, 0.1) is 0 Å². The summed E-state index contributed by atoms with van der Waals surface area (Å²) in [5.41, 5.74) is 0. The predicted octanol–water partition coefficient (Wildman–Crippen LogP) is 1.66. The van der Waals surface area contributed by atoms with Crippen LogP contribution < -0.4 is 10.4 Å². The highest BCUT2D eigenvalue weighted by atomic mass is 28.4. The minimum atomic E-state index is -2.62. The van der Waals surface area contributed by atoms with E-state index in [1.807, 2.05) is 12.1 Å². The molecule has 2 aromatic carbocycles. The van der Waals surface area contributed by atoms with Gasteiger partial charge >= 0.3 is 0 Å². The van der Waals surface area contributed by atoms with Gasteiger partial charge in [-0.3, -0.25) is 0 Å². The maximum atomic E-state index is 9.76. The summed E-state index contributed by atoms with van der Waals surface area (Å²) in [5, 5.41) is 21.2. The lowest BCUT2D eigenvalue weighted by molar-refractivity contribution is -0.144. The number of hydrogen-bond acceptors (Lipinski definition) is 5. The van der Waals surface area contributed by atoms with Crippen LogP contribution in [0.15, 0.2) is 60.7 Å². The quantitative estimate of drug-likeness (QED) is 0.690. The maximum absolute atomic E-state index is 9.76. The van der Waals surface area contributed by atoms with Gasteiger partial charge in [-0.05, 0) is 15.4 Å². The standard InChI is InChI=1S/C22H30O5Si/c1-22(2,3)28(18-10-6-4-7-11-18,19-12-8-5-9-13-19)26-16-17-15-25-21(27-17)20(24)14-23/h4-13,17,20-21,23-24H,14-16H2,1-3H3/t17-,20-,21-/m1/s1. The van der Waals surface area contributed by atoms with E-state index in [2.05, 4.69) is 69.3 Å². The van der Waals surface area contributed by atoms with Crippen LogP contribution in [0.2, 0.25) is 5.04 Å². The Balaban J connectivity index is 1.91. The SMILES string of the molecule is CC(C)(C)[Si](OC[C@H]1CO[C@@H]([C@H](O)CO)O1)(c1ccccc1)c1ccccc1. The van der Waals surface area contributed by atoms with Gasteiger partial charge in [0.25, 0.3) is 8.32 Å². The monoisotopic (exact) mass is 402 g/mol. The number of benzene rings is 2. The van der Waals surface area contributed by atoms with E-state index in [4.69, 9.17) is 19.0 Å². The molecule has 5 nitrogen and oxygen atoms in total. The largest absolute Gasteiger partial charge is 0.405 e. The van der Waals surface area contributed by atoms with E-state index in [1.165, 1.54) is 10.4 Å². The Kier molecular flexibility index (Phi) is 6.70. The molecule has 0 unspecified atom stereocenters. The molecule has 0 aromatic heterocycles. The summed E-state index contributed by atoms with van der Waals surface area (Å²) < 4.78 is 18.0. The summed E-state index contributed by atoms with van der Waals surface area (Å²) >= 11 is 0. The van der Waals surface area contributed by atoms with E-state index in [0.29, 0.717) is 13.2 Å². The lowest BCUT2D eigenvalue weighted by atomic mass is 10.2. The van der Waals surface area contributed by atoms with Gasteiger partial charge in [-0.1, -0.05) is 81.4 Å². The molecule has 0 bridgehead atoms. The zero-order chi connectivity index (χ0) is 20.2. The van der Waals surface area contributed by atoms with Crippen molar-refractivity contribution >= 4 is 18.7 Å². The number of ether oxygens (including phenoxy) is 2. The fraction of sp³-hybridized carbons (Fsp3) is 0.455. The molecule has 1 fully saturated rings. The lowest BCUT2D eigenvalue weighted by Gasteiger charge is -2.43. The maximum Gasteiger partial charge on any atom is 0.261 e. The molecule has 152 valence electrons. The third-order valence-corrected chi connectivity index (χ3v) is 10.2. The first-order valence-corrected chi connectivity index (χ1v) is 11.6. The topological polar surface area (TPSA) is 68.2 Å². The van der Waals surface area contributed by atoms with Crippen LogP contribution in [-0.4, -0.2) is 56.8 Å². The van der Waals surface area contributed by atoms with Gasteiger partial charge in [-0.15, -0.1) is 0 Å². The van der Waals surface area contributed by atoms with Crippen molar-refractivity contribution in [2.45, 2.75) is 44.3 Å². The third-order valence-electron chi connectivity index (χ3n) is 5.18. The molecule has 0 saturated carbocycles. The molecule has 3 rings (SSSR count). The molecule has 28 heavy (non-hydrogen) atoms. The summed E-state index contributed by atoms with van der Waals surface area (Å²) in [4.78, 5) is 0. The van der Waals surface area contributed by atoms with Gasteiger partial charge in [0, 0.05) is 0 Å². The van der Waals surface area contributed by atoms with Gasteiger partial charge in [0.15, 0.2) is 6.29 Å². The Morgan fingerprint density at radius 3 is 2.04 bits per heavy atom. The van der Waals surface area contributed by atoms with Gasteiger partial charge in [0.2, 0.25) is 0 Å². The van der Waals surface area contributed by atoms with Crippen molar-refractivity contribution in [3.8, 4) is 0 Å². The van der Waals surface area contributed by atoms with Crippen LogP contribution >= 0.6 is 0 Å². The second kappa shape index (κ2) is 8.86. The number of aliphatic hydroxyl groups is 2. The summed E-state index contributed by atoms with van der Waals surface area (Å²) in [5.74, 6) is 0. The fourth-order valence-electron chi connectivity index (χ4n) is 3.83. The molecule has 0 amide bonds. The molecular weight excluding hydrogens is 372 g/mol. The third kappa shape index (κ3) is 4.22. The molecule has 6 heteroatoms. The van der Waals surface area contributed by atoms with Crippen molar-refractivity contribution in [1.29, 1.82) is 0 Å². The highest BCUT2D eigenvalue weighted by Crippen LogP contribution is 2.37. The first-order valence-electron chi connectivity index (χ1n) is 9.69. The van der Waals surface area contributed by atoms with Crippen molar-refractivity contribution in [1.82, 2.24) is 0 Å². The molecule has 3 atom stereocenters. The smallest absolute Gasteiger partial charge is 0.261 e. The Morgan fingerprint density at radius 1 is 1.04 bits per heavy atom. The van der Waals surface area contributed by atoms with E-state index in [1.54, 1.807) is 0 Å². The number of aliphatic hydroxyl groups excluding tert-OH is 2. The second-order valence-corrected chi connectivity index (χ2v) is 12.5. The summed E-state index contributed by atoms with van der Waals surface area (Å²) in [6.45, 7) is 6.98. The first kappa shape index (κ1) is 21.2. The zero-order valence-corrected chi connectivity index (χ0v) is 17.7. The van der Waals surface area contributed by atoms with Gasteiger partial charge in [-0.2, -0.15) is 0 Å². The Hall–Kier alpha value is -1.54. The summed E-state index contributed by atoms with van der Waals surface area (Å²) in [6.07, 6.45) is -2.14. The Morgan fingerprint density at radius 2 is 1.57 bits per heavy atom. The van der Waals surface area contributed by atoms with E-state index in [0.717, 1.165) is 0 Å². The molecular formula is C22H30O5Si. The van der Waals surface area contributed by atoms with Crippen molar-refractivity contribution in [3.63, 3.8) is 0 Å². The molecule has 1 aliphatic rings. The summed E-state index contributed by atoms with van der Waals surface area (Å²) in [6, 6.07) is 20.8. The van der Waals surface area contributed by atoms with Crippen LogP contribution in [0.25, 0.3) is 0 Å². The molecule has 1 heterocycles. The van der Waals surface area contributed by atoms with Crippen molar-refractivity contribution < 1.29 is 24.1 Å². The molecule has 1 aliphatic heterocycles. The van der Waals surface area contributed by atoms with Crippen LogP contribution in [0.3, 0.4) is 0 Å². The molecule has 0 radical (unpaired) electrons. The Bertz CT molecular complexity index is 692. The molecule has 0 spiro atoms. The number of hydrogen-bond donors (Lipinski definition) is 2. The van der Waals surface area contributed by atoms with Gasteiger partial charge in [0.05, 0.1) is 19.8 Å². The highest BCUT2D eigenvalue weighted by molar-refractivity contribution is 6.99. The minimum Gasteiger partial charge on any atom is -0.405 e. The lowest BCUT2D eigenvalue weighted by Crippen LogP contribution is -2.67. The highest BCUT2D eigenvalue weighted by Gasteiger charge is 2.50. The summed E-state index contributed by atoms with van der Waals surface area (Å²) in [7, 11) is -2.62. The van der Waals surface area contributed by atoms with Crippen LogP contribution in [0.4, 0.5) is 0 Å². The predicted molar refractivity (Wildman–Crippen MR) is 111 cm³/mol. The van der Waals surface area contributed by atoms with Crippen molar-refractivity contribution in [2.24, 2.45) is 0 Å². The van der Waals surface area contributed by atoms with Gasteiger partial charge in [-0.25, -0.2) is 0 Å². The first-order chi connectivity index (χ1) is 13.4. The molecule has 1 saturated heterocycles. The molecule has 2 aromatic rings. The van der Waals surface area contributed by atoms with Crippen molar-refractivity contribution in [2.75, 3.05) is 19.8 Å². The van der Waals surface area contributed by atoms with Crippen LogP contribution in [0.1, 0.15) is 20.8 Å². The van der Waals surface area contributed by atoms with E-state index in [-0.39, 0.29) is 11.1 Å². The minimum absolute atomic E-state index is 0.112. The normalized spacial score (nSPS) is 21.6. The molecule has 0 aliphatic carbocycles. The fourth-order valence-corrected chi connectivity index (χ4v) is 8.42. The van der Waals surface area contributed by atoms with Gasteiger partial charge < -0.3 is 24.1 Å². The molecule has 2 N–H and O–H groups in total. The van der Waals surface area contributed by atoms with Crippen molar-refractivity contribution in [3.05, 3.63) is 60.7 Å². The van der Waals surface area contributed by atoms with E-state index in [9.17, 15) is 5.11 Å². The van der Waals surface area contributed by atoms with Crippen LogP contribution in [-0.2, 0) is 13.9 Å². The van der Waals surface area contributed by atoms with E-state index >= 15 is 0 Å². The zero-order valence-electron chi connectivity index (χ0n) is 16.7. The average molecular weight is 403 g/mol. The van der Waals surface area contributed by atoms with Gasteiger partial charge in [0.1, 0.15) is 12.2 Å².